The number of hydrogen-bond acceptors (Lipinski definition) is 3. The molecule has 0 aromatic heterocycles. The van der Waals surface area contributed by atoms with E-state index in [1.165, 1.54) is 0 Å². The zero-order valence-electron chi connectivity index (χ0n) is 12.0. The van der Waals surface area contributed by atoms with Gasteiger partial charge in [0.05, 0.1) is 6.07 Å². The van der Waals surface area contributed by atoms with Crippen LogP contribution in [0.15, 0.2) is 28.7 Å². The molecule has 21 heavy (non-hydrogen) atoms. The van der Waals surface area contributed by atoms with Crippen LogP contribution in [0.4, 0.5) is 0 Å². The molecule has 0 saturated heterocycles. The van der Waals surface area contributed by atoms with E-state index in [0.717, 1.165) is 10.0 Å². The fourth-order valence-corrected chi connectivity index (χ4v) is 2.69. The van der Waals surface area contributed by atoms with E-state index in [4.69, 9.17) is 5.26 Å². The van der Waals surface area contributed by atoms with Gasteiger partial charge in [-0.1, -0.05) is 28.1 Å². The van der Waals surface area contributed by atoms with E-state index < -0.39 is 11.8 Å². The minimum absolute atomic E-state index is 0.0809. The smallest absolute Gasteiger partial charge is 0.245 e. The molecule has 1 aliphatic rings. The molecule has 2 rings (SSSR count). The van der Waals surface area contributed by atoms with E-state index in [1.54, 1.807) is 13.8 Å². The van der Waals surface area contributed by atoms with E-state index in [1.807, 2.05) is 30.3 Å². The number of carbonyl (C=O) groups is 2. The van der Waals surface area contributed by atoms with E-state index in [2.05, 4.69) is 21.2 Å². The normalized spacial score (nSPS) is 21.5. The van der Waals surface area contributed by atoms with Crippen LogP contribution in [0.3, 0.4) is 0 Å². The van der Waals surface area contributed by atoms with Crippen LogP contribution in [-0.4, -0.2) is 17.7 Å². The molecule has 5 heteroatoms. The molecule has 0 bridgehead atoms. The van der Waals surface area contributed by atoms with Crippen molar-refractivity contribution in [2.24, 2.45) is 11.8 Å². The van der Waals surface area contributed by atoms with Gasteiger partial charge in [0.2, 0.25) is 5.91 Å². The van der Waals surface area contributed by atoms with Crippen molar-refractivity contribution in [3.63, 3.8) is 0 Å². The second-order valence-corrected chi connectivity index (χ2v) is 6.54. The first-order chi connectivity index (χ1) is 9.93. The second kappa shape index (κ2) is 6.40. The van der Waals surface area contributed by atoms with Gasteiger partial charge in [-0.15, -0.1) is 0 Å². The summed E-state index contributed by atoms with van der Waals surface area (Å²) in [6.07, 6.45) is 0.716. The molecular formula is C16H17BrN2O2. The lowest BCUT2D eigenvalue weighted by Gasteiger charge is -2.12. The van der Waals surface area contributed by atoms with E-state index in [9.17, 15) is 9.59 Å². The van der Waals surface area contributed by atoms with Gasteiger partial charge in [0.25, 0.3) is 0 Å². The number of benzene rings is 1. The Bertz CT molecular complexity index is 589. The highest BCUT2D eigenvalue weighted by molar-refractivity contribution is 9.10. The molecule has 3 atom stereocenters. The van der Waals surface area contributed by atoms with Crippen molar-refractivity contribution in [2.45, 2.75) is 32.2 Å². The Labute approximate surface area is 132 Å². The Balaban J connectivity index is 2.03. The third-order valence-corrected chi connectivity index (χ3v) is 4.09. The van der Waals surface area contributed by atoms with Crippen LogP contribution in [0, 0.1) is 23.2 Å². The topological polar surface area (TPSA) is 70.0 Å². The molecule has 0 unspecified atom stereocenters. The molecule has 1 fully saturated rings. The fourth-order valence-electron chi connectivity index (χ4n) is 2.42. The summed E-state index contributed by atoms with van der Waals surface area (Å²) < 4.78 is 0.987. The summed E-state index contributed by atoms with van der Waals surface area (Å²) in [4.78, 5) is 24.2. The van der Waals surface area contributed by atoms with E-state index >= 15 is 0 Å². The number of ketones is 1. The third-order valence-electron chi connectivity index (χ3n) is 3.56. The molecular weight excluding hydrogens is 332 g/mol. The first-order valence-electron chi connectivity index (χ1n) is 6.93. The molecule has 0 heterocycles. The number of hydrogen-bond donors (Lipinski definition) is 1. The summed E-state index contributed by atoms with van der Waals surface area (Å²) in [6.45, 7) is 3.61. The standard InChI is InChI=1S/C16H17BrN2O2/c1-9(2)19-16(21)14(8-18)15(20)13-7-12(13)10-3-5-11(17)6-4-10/h3-6,9,12-14H,7H2,1-2H3,(H,19,21)/t12-,13+,14+/m0/s1. The highest BCUT2D eigenvalue weighted by Gasteiger charge is 2.47. The lowest BCUT2D eigenvalue weighted by Crippen LogP contribution is -2.39. The van der Waals surface area contributed by atoms with Gasteiger partial charge in [0.1, 0.15) is 0 Å². The lowest BCUT2D eigenvalue weighted by molar-refractivity contribution is -0.132. The van der Waals surface area contributed by atoms with E-state index in [-0.39, 0.29) is 23.7 Å². The zero-order valence-corrected chi connectivity index (χ0v) is 13.6. The number of nitrogens with one attached hydrogen (secondary N) is 1. The maximum Gasteiger partial charge on any atom is 0.245 e. The Morgan fingerprint density at radius 2 is 1.95 bits per heavy atom. The minimum atomic E-state index is -1.20. The van der Waals surface area contributed by atoms with Gasteiger partial charge in [-0.25, -0.2) is 0 Å². The summed E-state index contributed by atoms with van der Waals surface area (Å²) >= 11 is 3.37. The number of carbonyl (C=O) groups excluding carboxylic acids is 2. The number of nitrogens with zero attached hydrogens (tertiary/aromatic N) is 1. The average molecular weight is 349 g/mol. The van der Waals surface area contributed by atoms with Gasteiger partial charge in [-0.05, 0) is 43.9 Å². The van der Waals surface area contributed by atoms with Gasteiger partial charge in [0.15, 0.2) is 11.7 Å². The number of nitriles is 1. The molecule has 0 aliphatic heterocycles. The Hall–Kier alpha value is -1.67. The number of Topliss-reactive ketones (excluding diaryl/α,β-unsaturated/α-hetero) is 1. The average Bonchev–Trinajstić information content (AvgIpc) is 3.19. The van der Waals surface area contributed by atoms with Crippen LogP contribution < -0.4 is 5.32 Å². The van der Waals surface area contributed by atoms with Gasteiger partial charge in [-0.3, -0.25) is 9.59 Å². The Morgan fingerprint density at radius 3 is 2.48 bits per heavy atom. The first kappa shape index (κ1) is 15.7. The predicted molar refractivity (Wildman–Crippen MR) is 82.4 cm³/mol. The highest BCUT2D eigenvalue weighted by Crippen LogP contribution is 2.49. The van der Waals surface area contributed by atoms with Gasteiger partial charge in [-0.2, -0.15) is 5.26 Å². The van der Waals surface area contributed by atoms with Gasteiger partial charge < -0.3 is 5.32 Å². The largest absolute Gasteiger partial charge is 0.352 e. The SMILES string of the molecule is CC(C)NC(=O)[C@H](C#N)C(=O)[C@@H]1C[C@H]1c1ccc(Br)cc1. The van der Waals surface area contributed by atoms with Crippen molar-refractivity contribution in [1.82, 2.24) is 5.32 Å². The predicted octanol–water partition coefficient (Wildman–Crippen LogP) is 2.79. The second-order valence-electron chi connectivity index (χ2n) is 5.63. The Morgan fingerprint density at radius 1 is 1.33 bits per heavy atom. The molecule has 1 amide bonds. The molecule has 0 spiro atoms. The van der Waals surface area contributed by atoms with Crippen LogP contribution in [0.25, 0.3) is 0 Å². The van der Waals surface area contributed by atoms with Crippen molar-refractivity contribution in [3.05, 3.63) is 34.3 Å². The maximum absolute atomic E-state index is 12.3. The first-order valence-corrected chi connectivity index (χ1v) is 7.72. The molecule has 1 aliphatic carbocycles. The molecule has 110 valence electrons. The number of amides is 1. The van der Waals surface area contributed by atoms with Crippen molar-refractivity contribution < 1.29 is 9.59 Å². The summed E-state index contributed by atoms with van der Waals surface area (Å²) in [6, 6.07) is 9.57. The van der Waals surface area contributed by atoms with Crippen molar-refractivity contribution in [2.75, 3.05) is 0 Å². The molecule has 4 nitrogen and oxygen atoms in total. The summed E-state index contributed by atoms with van der Waals surface area (Å²) in [5, 5.41) is 11.7. The molecule has 1 saturated carbocycles. The summed E-state index contributed by atoms with van der Waals surface area (Å²) in [7, 11) is 0. The van der Waals surface area contributed by atoms with Gasteiger partial charge >= 0.3 is 0 Å². The third kappa shape index (κ3) is 3.70. The maximum atomic E-state index is 12.3. The van der Waals surface area contributed by atoms with Crippen molar-refractivity contribution in [3.8, 4) is 6.07 Å². The van der Waals surface area contributed by atoms with Crippen LogP contribution >= 0.6 is 15.9 Å². The van der Waals surface area contributed by atoms with E-state index in [0.29, 0.717) is 6.42 Å². The van der Waals surface area contributed by atoms with Crippen LogP contribution in [0.1, 0.15) is 31.7 Å². The number of rotatable bonds is 5. The lowest BCUT2D eigenvalue weighted by atomic mass is 9.98. The van der Waals surface area contributed by atoms with Crippen molar-refractivity contribution >= 4 is 27.6 Å². The minimum Gasteiger partial charge on any atom is -0.352 e. The Kier molecular flexibility index (Phi) is 4.79. The fraction of sp³-hybridized carbons (Fsp3) is 0.438. The summed E-state index contributed by atoms with van der Waals surface area (Å²) in [5.74, 6) is -2.03. The van der Waals surface area contributed by atoms with Crippen LogP contribution in [0.5, 0.6) is 0 Å². The monoisotopic (exact) mass is 348 g/mol. The molecule has 1 N–H and O–H groups in total. The van der Waals surface area contributed by atoms with Crippen molar-refractivity contribution in [1.29, 1.82) is 5.26 Å². The molecule has 0 radical (unpaired) electrons. The van der Waals surface area contributed by atoms with Crippen LogP contribution in [0.2, 0.25) is 0 Å². The summed E-state index contributed by atoms with van der Waals surface area (Å²) in [5.41, 5.74) is 1.08. The zero-order chi connectivity index (χ0) is 15.6. The van der Waals surface area contributed by atoms with Crippen LogP contribution in [-0.2, 0) is 9.59 Å². The highest BCUT2D eigenvalue weighted by atomic mass is 79.9. The molecule has 1 aromatic carbocycles. The molecule has 1 aromatic rings. The number of halogens is 1. The van der Waals surface area contributed by atoms with Gasteiger partial charge in [0, 0.05) is 16.4 Å². The quantitative estimate of drug-likeness (QED) is 0.831.